The number of nitrogens with one attached hydrogen (secondary N) is 3. The lowest BCUT2D eigenvalue weighted by Crippen LogP contribution is -3.11. The number of benzene rings is 2. The molecule has 0 spiro atoms. The molecule has 3 amide bonds. The number of carbonyl (C=O) groups excluding carboxylic acids is 3. The Kier molecular flexibility index (Phi) is 6.68. The minimum Gasteiger partial charge on any atom is -0.497 e. The van der Waals surface area contributed by atoms with Crippen molar-refractivity contribution in [2.45, 2.75) is 19.4 Å². The highest BCUT2D eigenvalue weighted by atomic mass is 16.5. The van der Waals surface area contributed by atoms with Gasteiger partial charge in [-0.25, -0.2) is 0 Å². The number of carbonyl (C=O) groups is 3. The van der Waals surface area contributed by atoms with Gasteiger partial charge in [0.2, 0.25) is 5.91 Å². The zero-order valence-electron chi connectivity index (χ0n) is 17.4. The van der Waals surface area contributed by atoms with Crippen molar-refractivity contribution in [2.75, 3.05) is 42.8 Å². The van der Waals surface area contributed by atoms with Crippen LogP contribution >= 0.6 is 0 Å². The summed E-state index contributed by atoms with van der Waals surface area (Å²) in [5.74, 6) is 0.192. The maximum atomic E-state index is 13.1. The highest BCUT2D eigenvalue weighted by Crippen LogP contribution is 2.31. The largest absolute Gasteiger partial charge is 0.497 e. The van der Waals surface area contributed by atoms with Gasteiger partial charge in [0.1, 0.15) is 5.75 Å². The van der Waals surface area contributed by atoms with Gasteiger partial charge in [-0.1, -0.05) is 18.2 Å². The number of amides is 3. The molecule has 1 heterocycles. The highest BCUT2D eigenvalue weighted by Gasteiger charge is 2.31. The monoisotopic (exact) mass is 411 g/mol. The minimum atomic E-state index is -0.278. The fourth-order valence-electron chi connectivity index (χ4n) is 3.55. The van der Waals surface area contributed by atoms with Crippen molar-refractivity contribution in [2.24, 2.45) is 0 Å². The van der Waals surface area contributed by atoms with E-state index in [1.807, 2.05) is 25.1 Å². The van der Waals surface area contributed by atoms with Crippen LogP contribution < -0.4 is 25.2 Å². The molecule has 0 radical (unpaired) electrons. The van der Waals surface area contributed by atoms with Crippen LogP contribution in [0, 0.1) is 0 Å². The first kappa shape index (κ1) is 21.3. The minimum absolute atomic E-state index is 0.122. The van der Waals surface area contributed by atoms with Crippen LogP contribution in [0.25, 0.3) is 0 Å². The first-order valence-electron chi connectivity index (χ1n) is 9.83. The van der Waals surface area contributed by atoms with Crippen molar-refractivity contribution < 1.29 is 24.0 Å². The number of anilines is 3. The van der Waals surface area contributed by atoms with E-state index in [0.717, 1.165) is 4.90 Å². The van der Waals surface area contributed by atoms with Gasteiger partial charge in [-0.3, -0.25) is 14.4 Å². The number of fused-ring (bicyclic) bond motifs is 1. The topological polar surface area (TPSA) is 92.2 Å². The molecule has 0 saturated carbocycles. The molecule has 0 aliphatic carbocycles. The van der Waals surface area contributed by atoms with Gasteiger partial charge < -0.3 is 25.2 Å². The third-order valence-corrected chi connectivity index (χ3v) is 4.90. The predicted octanol–water partition coefficient (Wildman–Crippen LogP) is 0.912. The van der Waals surface area contributed by atoms with Crippen molar-refractivity contribution in [3.05, 3.63) is 48.5 Å². The molecular formula is C22H27N4O4+. The van der Waals surface area contributed by atoms with Crippen LogP contribution in [0.3, 0.4) is 0 Å². The Bertz CT molecular complexity index is 946. The van der Waals surface area contributed by atoms with Crippen LogP contribution in [0.1, 0.15) is 13.3 Å². The lowest BCUT2D eigenvalue weighted by molar-refractivity contribution is -0.862. The number of hydrogen-bond donors (Lipinski definition) is 3. The van der Waals surface area contributed by atoms with Crippen molar-refractivity contribution >= 4 is 34.8 Å². The molecule has 0 bridgehead atoms. The van der Waals surface area contributed by atoms with Crippen molar-refractivity contribution in [3.63, 3.8) is 0 Å². The molecule has 158 valence electrons. The molecule has 2 atom stereocenters. The number of nitrogens with zero attached hydrogens (tertiary/aromatic N) is 1. The van der Waals surface area contributed by atoms with Crippen LogP contribution in [0.15, 0.2) is 48.5 Å². The Balaban J connectivity index is 1.64. The smallest absolute Gasteiger partial charge is 0.282 e. The lowest BCUT2D eigenvalue weighted by Gasteiger charge is -2.28. The SMILES string of the molecule is COc1cccc(NC(=O)C[NH+](C)CC(=O)N2c3ccccc3NC(=O)C[C@H]2C)c1. The van der Waals surface area contributed by atoms with Gasteiger partial charge in [-0.15, -0.1) is 0 Å². The molecule has 2 aromatic rings. The van der Waals surface area contributed by atoms with Gasteiger partial charge in [-0.05, 0) is 31.2 Å². The van der Waals surface area contributed by atoms with E-state index in [1.165, 1.54) is 0 Å². The summed E-state index contributed by atoms with van der Waals surface area (Å²) in [6.45, 7) is 2.10. The van der Waals surface area contributed by atoms with Gasteiger partial charge in [0.15, 0.2) is 13.1 Å². The van der Waals surface area contributed by atoms with E-state index in [4.69, 9.17) is 4.74 Å². The summed E-state index contributed by atoms with van der Waals surface area (Å²) in [6, 6.07) is 14.1. The summed E-state index contributed by atoms with van der Waals surface area (Å²) in [7, 11) is 3.36. The second-order valence-corrected chi connectivity index (χ2v) is 7.47. The van der Waals surface area contributed by atoms with E-state index in [-0.39, 0.29) is 43.3 Å². The van der Waals surface area contributed by atoms with Crippen molar-refractivity contribution in [1.82, 2.24) is 0 Å². The summed E-state index contributed by atoms with van der Waals surface area (Å²) in [4.78, 5) is 40.0. The Labute approximate surface area is 175 Å². The van der Waals surface area contributed by atoms with E-state index in [0.29, 0.717) is 22.8 Å². The molecule has 2 aromatic carbocycles. The summed E-state index contributed by atoms with van der Waals surface area (Å²) < 4.78 is 5.16. The first-order chi connectivity index (χ1) is 14.4. The summed E-state index contributed by atoms with van der Waals surface area (Å²) in [6.07, 6.45) is 0.218. The third kappa shape index (κ3) is 5.15. The molecule has 8 nitrogen and oxygen atoms in total. The predicted molar refractivity (Wildman–Crippen MR) is 115 cm³/mol. The van der Waals surface area contributed by atoms with Gasteiger partial charge in [0.05, 0.1) is 25.5 Å². The van der Waals surface area contributed by atoms with E-state index in [2.05, 4.69) is 10.6 Å². The van der Waals surface area contributed by atoms with Gasteiger partial charge in [0.25, 0.3) is 11.8 Å². The van der Waals surface area contributed by atoms with Crippen molar-refractivity contribution in [3.8, 4) is 5.75 Å². The van der Waals surface area contributed by atoms with E-state index >= 15 is 0 Å². The first-order valence-corrected chi connectivity index (χ1v) is 9.83. The van der Waals surface area contributed by atoms with Crippen LogP contribution in [-0.2, 0) is 14.4 Å². The standard InChI is InChI=1S/C22H26N4O4/c1-15-11-20(27)24-18-9-4-5-10-19(18)26(15)22(29)14-25(2)13-21(28)23-16-7-6-8-17(12-16)30-3/h4-10,12,15H,11,13-14H2,1-3H3,(H,23,28)(H,24,27)/p+1/t15-/m1/s1. The maximum absolute atomic E-state index is 13.1. The maximum Gasteiger partial charge on any atom is 0.282 e. The quantitative estimate of drug-likeness (QED) is 0.659. The van der Waals surface area contributed by atoms with Crippen LogP contribution in [0.4, 0.5) is 17.1 Å². The molecule has 3 rings (SSSR count). The van der Waals surface area contributed by atoms with Gasteiger partial charge in [0, 0.05) is 24.2 Å². The fourth-order valence-corrected chi connectivity index (χ4v) is 3.55. The van der Waals surface area contributed by atoms with E-state index in [9.17, 15) is 14.4 Å². The zero-order valence-corrected chi connectivity index (χ0v) is 17.4. The average molecular weight is 411 g/mol. The number of likely N-dealkylation sites (N-methyl/N-ethyl adjacent to an activating group) is 1. The molecule has 0 fully saturated rings. The normalized spacial score (nSPS) is 16.7. The Hall–Kier alpha value is -3.39. The number of rotatable bonds is 6. The van der Waals surface area contributed by atoms with Crippen molar-refractivity contribution in [1.29, 1.82) is 0 Å². The number of hydrogen-bond acceptors (Lipinski definition) is 4. The van der Waals surface area contributed by atoms with Gasteiger partial charge in [-0.2, -0.15) is 0 Å². The van der Waals surface area contributed by atoms with Crippen LogP contribution in [0.2, 0.25) is 0 Å². The van der Waals surface area contributed by atoms with Gasteiger partial charge >= 0.3 is 0 Å². The number of quaternary nitrogens is 1. The fraction of sp³-hybridized carbons (Fsp3) is 0.318. The Morgan fingerprint density at radius 2 is 1.97 bits per heavy atom. The average Bonchev–Trinajstić information content (AvgIpc) is 2.81. The summed E-state index contributed by atoms with van der Waals surface area (Å²) >= 11 is 0. The second-order valence-electron chi connectivity index (χ2n) is 7.47. The molecule has 0 aromatic heterocycles. The Morgan fingerprint density at radius 1 is 1.20 bits per heavy atom. The summed E-state index contributed by atoms with van der Waals surface area (Å²) in [5, 5.41) is 5.67. The second kappa shape index (κ2) is 9.41. The zero-order chi connectivity index (χ0) is 21.7. The molecule has 1 aliphatic heterocycles. The molecule has 1 unspecified atom stereocenters. The molecule has 0 saturated heterocycles. The van der Waals surface area contributed by atoms with Crippen LogP contribution in [-0.4, -0.2) is 51.0 Å². The van der Waals surface area contributed by atoms with E-state index < -0.39 is 0 Å². The highest BCUT2D eigenvalue weighted by molar-refractivity contribution is 6.04. The number of methoxy groups -OCH3 is 1. The summed E-state index contributed by atoms with van der Waals surface area (Å²) in [5.41, 5.74) is 1.93. The lowest BCUT2D eigenvalue weighted by atomic mass is 10.1. The molecule has 3 N–H and O–H groups in total. The number of ether oxygens (including phenoxy) is 1. The molecule has 1 aliphatic rings. The molecular weight excluding hydrogens is 384 g/mol. The van der Waals surface area contributed by atoms with E-state index in [1.54, 1.807) is 49.4 Å². The molecule has 8 heteroatoms. The third-order valence-electron chi connectivity index (χ3n) is 4.90. The van der Waals surface area contributed by atoms with Crippen LogP contribution in [0.5, 0.6) is 5.75 Å². The number of para-hydroxylation sites is 2. The molecule has 30 heavy (non-hydrogen) atoms. The Morgan fingerprint density at radius 3 is 2.73 bits per heavy atom.